The quantitative estimate of drug-likeness (QED) is 0.440. The normalized spacial score (nSPS) is 18.7. The van der Waals surface area contributed by atoms with E-state index < -0.39 is 11.9 Å². The van der Waals surface area contributed by atoms with Gasteiger partial charge in [0.15, 0.2) is 0 Å². The molecule has 154 valence electrons. The minimum atomic E-state index is -0.562. The fraction of sp³-hybridized carbons (Fsp3) is 0.480. The summed E-state index contributed by atoms with van der Waals surface area (Å²) in [5, 5.41) is 0. The Morgan fingerprint density at radius 1 is 1.03 bits per heavy atom. The van der Waals surface area contributed by atoms with Crippen molar-refractivity contribution < 1.29 is 19.0 Å². The third kappa shape index (κ3) is 3.39. The molecule has 2 aromatic rings. The van der Waals surface area contributed by atoms with Crippen LogP contribution in [0.1, 0.15) is 80.4 Å². The van der Waals surface area contributed by atoms with Crippen molar-refractivity contribution in [1.29, 1.82) is 0 Å². The first-order valence-corrected chi connectivity index (χ1v) is 10.7. The zero-order valence-electron chi connectivity index (χ0n) is 18.1. The van der Waals surface area contributed by atoms with Crippen molar-refractivity contribution in [3.05, 3.63) is 46.5 Å². The summed E-state index contributed by atoms with van der Waals surface area (Å²) in [4.78, 5) is 13.0. The number of benzene rings is 2. The molecule has 0 spiro atoms. The maximum Gasteiger partial charge on any atom is 0.345 e. The number of aryl methyl sites for hydroxylation is 2. The van der Waals surface area contributed by atoms with Gasteiger partial charge in [0.25, 0.3) is 0 Å². The molecule has 2 aliphatic rings. The van der Waals surface area contributed by atoms with E-state index in [0.717, 1.165) is 53.7 Å². The van der Waals surface area contributed by atoms with E-state index in [9.17, 15) is 4.79 Å². The number of hydrogen-bond acceptors (Lipinski definition) is 4. The Morgan fingerprint density at radius 3 is 2.55 bits per heavy atom. The molecular weight excluding hydrogens is 364 g/mol. The summed E-state index contributed by atoms with van der Waals surface area (Å²) in [5.74, 6) is 1.13. The van der Waals surface area contributed by atoms with Gasteiger partial charge in [0.05, 0.1) is 5.56 Å². The molecule has 0 N–H and O–H groups in total. The highest BCUT2D eigenvalue weighted by Gasteiger charge is 2.40. The number of esters is 1. The predicted octanol–water partition coefficient (Wildman–Crippen LogP) is 6.31. The van der Waals surface area contributed by atoms with Crippen LogP contribution in [0, 0.1) is 6.92 Å². The van der Waals surface area contributed by atoms with E-state index in [1.165, 1.54) is 5.56 Å². The summed E-state index contributed by atoms with van der Waals surface area (Å²) in [6, 6.07) is 8.42. The zero-order chi connectivity index (χ0) is 20.8. The molecule has 0 radical (unpaired) electrons. The van der Waals surface area contributed by atoms with Gasteiger partial charge in [-0.15, -0.1) is 0 Å². The summed E-state index contributed by atoms with van der Waals surface area (Å²) in [6.07, 6.45) is 4.12. The Morgan fingerprint density at radius 2 is 1.83 bits per heavy atom. The van der Waals surface area contributed by atoms with Crippen LogP contribution >= 0.6 is 0 Å². The third-order valence-electron chi connectivity index (χ3n) is 5.86. The Balaban J connectivity index is 1.96. The first-order valence-electron chi connectivity index (χ1n) is 10.7. The van der Waals surface area contributed by atoms with E-state index >= 15 is 0 Å². The number of hydrogen-bond donors (Lipinski definition) is 0. The molecule has 2 aliphatic heterocycles. The van der Waals surface area contributed by atoms with E-state index in [1.54, 1.807) is 0 Å². The molecule has 0 saturated carbocycles. The molecule has 1 atom stereocenters. The van der Waals surface area contributed by atoms with Gasteiger partial charge >= 0.3 is 5.97 Å². The molecule has 29 heavy (non-hydrogen) atoms. The number of fused-ring (bicyclic) bond motifs is 5. The van der Waals surface area contributed by atoms with Crippen LogP contribution in [-0.4, -0.2) is 12.3 Å². The monoisotopic (exact) mass is 394 g/mol. The molecule has 4 rings (SSSR count). The summed E-state index contributed by atoms with van der Waals surface area (Å²) in [5.41, 5.74) is 5.30. The zero-order valence-corrected chi connectivity index (χ0v) is 18.1. The highest BCUT2D eigenvalue weighted by Crippen LogP contribution is 2.53. The van der Waals surface area contributed by atoms with E-state index in [-0.39, 0.29) is 5.97 Å². The maximum absolute atomic E-state index is 13.0. The number of carbonyl (C=O) groups excluding carboxylic acids is 1. The van der Waals surface area contributed by atoms with Gasteiger partial charge in [-0.3, -0.25) is 0 Å². The molecule has 0 fully saturated rings. The second-order valence-corrected chi connectivity index (χ2v) is 8.59. The SMILES string of the molecule is CCCCCc1cc2c(c3c1C(=O)OC(CC)O3)-c1cc(C)ccc1C(C)(C)O2. The summed E-state index contributed by atoms with van der Waals surface area (Å²) in [7, 11) is 0. The number of carbonyl (C=O) groups is 1. The van der Waals surface area contributed by atoms with Crippen LogP contribution in [0.2, 0.25) is 0 Å². The maximum atomic E-state index is 13.0. The number of cyclic esters (lactones) is 1. The Kier molecular flexibility index (Phi) is 5.05. The van der Waals surface area contributed by atoms with E-state index in [4.69, 9.17) is 14.2 Å². The van der Waals surface area contributed by atoms with Gasteiger partial charge in [0, 0.05) is 12.0 Å². The smallest absolute Gasteiger partial charge is 0.345 e. The topological polar surface area (TPSA) is 44.8 Å². The minimum Gasteiger partial charge on any atom is -0.482 e. The average Bonchev–Trinajstić information content (AvgIpc) is 2.66. The lowest BCUT2D eigenvalue weighted by molar-refractivity contribution is -0.0612. The van der Waals surface area contributed by atoms with Crippen LogP contribution in [0.4, 0.5) is 0 Å². The standard InChI is InChI=1S/C25H30O4/c1-6-8-9-10-16-14-19-22(23-21(16)24(26)28-20(7-2)27-23)17-13-15(3)11-12-18(17)25(4,5)29-19/h11-14,20H,6-10H2,1-5H3. The molecule has 4 nitrogen and oxygen atoms in total. The van der Waals surface area contributed by atoms with Crippen LogP contribution in [-0.2, 0) is 16.8 Å². The first kappa shape index (κ1) is 19.8. The molecule has 0 aromatic heterocycles. The molecule has 0 saturated heterocycles. The van der Waals surface area contributed by atoms with Gasteiger partial charge in [-0.25, -0.2) is 4.79 Å². The summed E-state index contributed by atoms with van der Waals surface area (Å²) in [6.45, 7) is 10.4. The number of rotatable bonds is 5. The summed E-state index contributed by atoms with van der Waals surface area (Å²) >= 11 is 0. The third-order valence-corrected chi connectivity index (χ3v) is 5.86. The summed E-state index contributed by atoms with van der Waals surface area (Å²) < 4.78 is 18.3. The van der Waals surface area contributed by atoms with Crippen molar-refractivity contribution in [1.82, 2.24) is 0 Å². The second kappa shape index (κ2) is 7.40. The highest BCUT2D eigenvalue weighted by molar-refractivity contribution is 6.00. The van der Waals surface area contributed by atoms with Gasteiger partial charge in [-0.05, 0) is 50.8 Å². The highest BCUT2D eigenvalue weighted by atomic mass is 16.7. The van der Waals surface area contributed by atoms with Crippen molar-refractivity contribution in [3.8, 4) is 22.6 Å². The molecule has 0 bridgehead atoms. The molecule has 2 aromatic carbocycles. The van der Waals surface area contributed by atoms with Crippen LogP contribution in [0.15, 0.2) is 24.3 Å². The van der Waals surface area contributed by atoms with E-state index in [2.05, 4.69) is 45.9 Å². The van der Waals surface area contributed by atoms with Crippen molar-refractivity contribution in [2.75, 3.05) is 0 Å². The lowest BCUT2D eigenvalue weighted by Crippen LogP contribution is -2.33. The molecule has 2 heterocycles. The van der Waals surface area contributed by atoms with Gasteiger partial charge in [0.1, 0.15) is 22.7 Å². The van der Waals surface area contributed by atoms with Gasteiger partial charge in [-0.2, -0.15) is 0 Å². The van der Waals surface area contributed by atoms with Crippen LogP contribution in [0.25, 0.3) is 11.1 Å². The van der Waals surface area contributed by atoms with Gasteiger partial charge in [-0.1, -0.05) is 50.5 Å². The van der Waals surface area contributed by atoms with Gasteiger partial charge < -0.3 is 14.2 Å². The Bertz CT molecular complexity index is 958. The fourth-order valence-corrected chi connectivity index (χ4v) is 4.35. The molecule has 4 heteroatoms. The number of ether oxygens (including phenoxy) is 3. The Labute approximate surface area is 173 Å². The predicted molar refractivity (Wildman–Crippen MR) is 114 cm³/mol. The lowest BCUT2D eigenvalue weighted by atomic mass is 9.83. The molecular formula is C25H30O4. The van der Waals surface area contributed by atoms with Gasteiger partial charge in [0.2, 0.25) is 6.29 Å². The van der Waals surface area contributed by atoms with Crippen molar-refractivity contribution >= 4 is 5.97 Å². The van der Waals surface area contributed by atoms with Crippen LogP contribution in [0.3, 0.4) is 0 Å². The molecule has 1 unspecified atom stereocenters. The van der Waals surface area contributed by atoms with Crippen molar-refractivity contribution in [2.24, 2.45) is 0 Å². The lowest BCUT2D eigenvalue weighted by Gasteiger charge is -2.38. The second-order valence-electron chi connectivity index (χ2n) is 8.59. The average molecular weight is 395 g/mol. The van der Waals surface area contributed by atoms with Crippen molar-refractivity contribution in [2.45, 2.75) is 78.6 Å². The van der Waals surface area contributed by atoms with E-state index in [1.807, 2.05) is 13.0 Å². The van der Waals surface area contributed by atoms with Crippen molar-refractivity contribution in [3.63, 3.8) is 0 Å². The largest absolute Gasteiger partial charge is 0.482 e. The molecule has 0 amide bonds. The fourth-order valence-electron chi connectivity index (χ4n) is 4.35. The minimum absolute atomic E-state index is 0.286. The van der Waals surface area contributed by atoms with Crippen LogP contribution < -0.4 is 9.47 Å². The number of unbranched alkanes of at least 4 members (excludes halogenated alkanes) is 2. The Hall–Kier alpha value is -2.49. The first-order chi connectivity index (χ1) is 13.9. The van der Waals surface area contributed by atoms with E-state index in [0.29, 0.717) is 17.7 Å². The van der Waals surface area contributed by atoms with Crippen LogP contribution in [0.5, 0.6) is 11.5 Å². The molecule has 0 aliphatic carbocycles.